The topological polar surface area (TPSA) is 90.9 Å². The van der Waals surface area contributed by atoms with Crippen molar-refractivity contribution in [2.45, 2.75) is 65.5 Å². The first-order valence-corrected chi connectivity index (χ1v) is 12.5. The minimum atomic E-state index is -1.13. The molecule has 184 valence electrons. The van der Waals surface area contributed by atoms with Crippen molar-refractivity contribution in [1.29, 1.82) is 0 Å². The molecule has 2 aromatic carbocycles. The number of carbonyl (C=O) groups excluding carboxylic acids is 3. The Balaban J connectivity index is 1.60. The molecule has 4 rings (SSSR count). The predicted octanol–water partition coefficient (Wildman–Crippen LogP) is 5.15. The smallest absolute Gasteiger partial charge is 0.308 e. The maximum absolute atomic E-state index is 13.8. The van der Waals surface area contributed by atoms with Crippen LogP contribution in [-0.4, -0.2) is 36.1 Å². The number of rotatable bonds is 5. The number of Topliss-reactive ketones (excluding diaryl/α,β-unsaturated/α-hetero) is 1. The standard InChI is InChI=1S/C28H34N4O3/c1-18-10-8-14-22(16-18)30-28(35)31-26-27(34)32(17-24(33)21-12-6-4-5-7-13-21)25-19(2)11-9-15-23(25)20(3)29-26/h8-11,14-16,21,26H,4-7,12-13,17H2,1-3H3,(H2,30,31,35). The summed E-state index contributed by atoms with van der Waals surface area (Å²) in [4.78, 5) is 46.0. The van der Waals surface area contributed by atoms with Gasteiger partial charge in [-0.3, -0.25) is 14.6 Å². The van der Waals surface area contributed by atoms with Gasteiger partial charge in [0, 0.05) is 22.9 Å². The Morgan fingerprint density at radius 2 is 1.71 bits per heavy atom. The number of fused-ring (bicyclic) bond motifs is 1. The number of hydrogen-bond donors (Lipinski definition) is 2. The molecule has 1 atom stereocenters. The molecule has 0 bridgehead atoms. The van der Waals surface area contributed by atoms with Gasteiger partial charge in [0.2, 0.25) is 6.17 Å². The van der Waals surface area contributed by atoms with E-state index in [-0.39, 0.29) is 18.2 Å². The Morgan fingerprint density at radius 3 is 2.43 bits per heavy atom. The van der Waals surface area contributed by atoms with Crippen molar-refractivity contribution in [3.05, 3.63) is 59.2 Å². The van der Waals surface area contributed by atoms with Gasteiger partial charge < -0.3 is 15.5 Å². The van der Waals surface area contributed by atoms with Crippen LogP contribution in [-0.2, 0) is 9.59 Å². The quantitative estimate of drug-likeness (QED) is 0.588. The Morgan fingerprint density at radius 1 is 1.00 bits per heavy atom. The lowest BCUT2D eigenvalue weighted by Gasteiger charge is -2.28. The summed E-state index contributed by atoms with van der Waals surface area (Å²) in [5.41, 5.74) is 4.67. The first kappa shape index (κ1) is 24.6. The molecule has 2 N–H and O–H groups in total. The van der Waals surface area contributed by atoms with E-state index in [9.17, 15) is 14.4 Å². The van der Waals surface area contributed by atoms with Crippen molar-refractivity contribution in [2.75, 3.05) is 16.8 Å². The van der Waals surface area contributed by atoms with Crippen molar-refractivity contribution < 1.29 is 14.4 Å². The number of hydrogen-bond acceptors (Lipinski definition) is 4. The molecule has 7 heteroatoms. The third-order valence-corrected chi connectivity index (χ3v) is 6.89. The van der Waals surface area contributed by atoms with Gasteiger partial charge in [0.25, 0.3) is 5.91 Å². The number of benzodiazepines with no additional fused rings is 1. The van der Waals surface area contributed by atoms with Crippen LogP contribution in [0.25, 0.3) is 0 Å². The lowest BCUT2D eigenvalue weighted by atomic mass is 9.94. The molecule has 0 saturated heterocycles. The summed E-state index contributed by atoms with van der Waals surface area (Å²) in [7, 11) is 0. The number of nitrogens with zero attached hydrogens (tertiary/aromatic N) is 2. The lowest BCUT2D eigenvalue weighted by molar-refractivity contribution is -0.125. The average Bonchev–Trinajstić information content (AvgIpc) is 3.15. The van der Waals surface area contributed by atoms with E-state index in [0.717, 1.165) is 55.2 Å². The molecule has 35 heavy (non-hydrogen) atoms. The van der Waals surface area contributed by atoms with Crippen LogP contribution in [0.4, 0.5) is 16.2 Å². The fourth-order valence-electron chi connectivity index (χ4n) is 5.04. The van der Waals surface area contributed by atoms with Crippen molar-refractivity contribution in [2.24, 2.45) is 10.9 Å². The fourth-order valence-corrected chi connectivity index (χ4v) is 5.04. The number of anilines is 2. The first-order valence-electron chi connectivity index (χ1n) is 12.5. The molecule has 1 aliphatic heterocycles. The maximum Gasteiger partial charge on any atom is 0.321 e. The number of para-hydroxylation sites is 1. The average molecular weight is 475 g/mol. The van der Waals surface area contributed by atoms with E-state index in [1.807, 2.05) is 57.2 Å². The molecule has 1 aliphatic carbocycles. The van der Waals surface area contributed by atoms with Crippen molar-refractivity contribution in [1.82, 2.24) is 5.32 Å². The van der Waals surface area contributed by atoms with Crippen molar-refractivity contribution in [3.63, 3.8) is 0 Å². The SMILES string of the molecule is CC1=NC(NC(=O)Nc2cccc(C)c2)C(=O)N(CC(=O)C2CCCCCC2)c2c(C)cccc21. The highest BCUT2D eigenvalue weighted by molar-refractivity contribution is 6.14. The van der Waals surface area contributed by atoms with Crippen molar-refractivity contribution in [3.8, 4) is 0 Å². The highest BCUT2D eigenvalue weighted by atomic mass is 16.2. The van der Waals surface area contributed by atoms with Crippen LogP contribution in [0.2, 0.25) is 0 Å². The number of aliphatic imine (C=N–C) groups is 1. The lowest BCUT2D eigenvalue weighted by Crippen LogP contribution is -2.50. The third kappa shape index (κ3) is 5.78. The summed E-state index contributed by atoms with van der Waals surface area (Å²) in [6, 6.07) is 12.7. The fraction of sp³-hybridized carbons (Fsp3) is 0.429. The number of amides is 3. The number of nitrogens with one attached hydrogen (secondary N) is 2. The van der Waals surface area contributed by atoms with E-state index in [1.165, 1.54) is 4.90 Å². The van der Waals surface area contributed by atoms with Gasteiger partial charge >= 0.3 is 6.03 Å². The van der Waals surface area contributed by atoms with E-state index in [0.29, 0.717) is 17.1 Å². The van der Waals surface area contributed by atoms with E-state index < -0.39 is 18.1 Å². The number of urea groups is 1. The van der Waals surface area contributed by atoms with E-state index in [4.69, 9.17) is 0 Å². The first-order chi connectivity index (χ1) is 16.8. The van der Waals surface area contributed by atoms with E-state index in [1.54, 1.807) is 6.07 Å². The molecule has 2 aromatic rings. The van der Waals surface area contributed by atoms with E-state index in [2.05, 4.69) is 15.6 Å². The van der Waals surface area contributed by atoms with Crippen LogP contribution in [0.1, 0.15) is 62.1 Å². The maximum atomic E-state index is 13.8. The number of ketones is 1. The molecule has 0 radical (unpaired) electrons. The minimum absolute atomic E-state index is 0.0121. The minimum Gasteiger partial charge on any atom is -0.308 e. The van der Waals surface area contributed by atoms with Gasteiger partial charge in [-0.25, -0.2) is 4.79 Å². The molecule has 1 fully saturated rings. The molecule has 1 heterocycles. The molecule has 0 aromatic heterocycles. The molecular formula is C28H34N4O3. The van der Waals surface area contributed by atoms with Crippen LogP contribution in [0.15, 0.2) is 47.5 Å². The monoisotopic (exact) mass is 474 g/mol. The number of carbonyl (C=O) groups is 3. The van der Waals surface area contributed by atoms with Crippen molar-refractivity contribution >= 4 is 34.8 Å². The normalized spacial score (nSPS) is 18.7. The second kappa shape index (κ2) is 10.8. The van der Waals surface area contributed by atoms with Crippen LogP contribution in [0, 0.1) is 19.8 Å². The Bertz CT molecular complexity index is 1150. The number of aryl methyl sites for hydroxylation is 2. The molecule has 1 unspecified atom stereocenters. The summed E-state index contributed by atoms with van der Waals surface area (Å²) < 4.78 is 0. The zero-order valence-electron chi connectivity index (χ0n) is 20.8. The molecule has 0 spiro atoms. The van der Waals surface area contributed by atoms with Gasteiger partial charge in [-0.1, -0.05) is 56.0 Å². The van der Waals surface area contributed by atoms with Crippen LogP contribution >= 0.6 is 0 Å². The Hall–Kier alpha value is -3.48. The van der Waals surface area contributed by atoms with Crippen LogP contribution < -0.4 is 15.5 Å². The zero-order chi connectivity index (χ0) is 24.9. The largest absolute Gasteiger partial charge is 0.321 e. The molecular weight excluding hydrogens is 440 g/mol. The summed E-state index contributed by atoms with van der Waals surface area (Å²) >= 11 is 0. The number of benzene rings is 2. The van der Waals surface area contributed by atoms with Gasteiger partial charge in [-0.15, -0.1) is 0 Å². The highest BCUT2D eigenvalue weighted by Gasteiger charge is 2.35. The van der Waals surface area contributed by atoms with Gasteiger partial charge in [-0.05, 0) is 56.9 Å². The zero-order valence-corrected chi connectivity index (χ0v) is 20.8. The Kier molecular flexibility index (Phi) is 7.63. The second-order valence-electron chi connectivity index (χ2n) is 9.64. The van der Waals surface area contributed by atoms with Crippen LogP contribution in [0.5, 0.6) is 0 Å². The van der Waals surface area contributed by atoms with Gasteiger partial charge in [-0.2, -0.15) is 0 Å². The van der Waals surface area contributed by atoms with Crippen LogP contribution in [0.3, 0.4) is 0 Å². The molecule has 1 saturated carbocycles. The predicted molar refractivity (Wildman–Crippen MR) is 139 cm³/mol. The summed E-state index contributed by atoms with van der Waals surface area (Å²) in [5.74, 6) is -0.352. The molecule has 3 amide bonds. The third-order valence-electron chi connectivity index (χ3n) is 6.89. The summed E-state index contributed by atoms with van der Waals surface area (Å²) in [5, 5.41) is 5.49. The second-order valence-corrected chi connectivity index (χ2v) is 9.64. The molecule has 7 nitrogen and oxygen atoms in total. The van der Waals surface area contributed by atoms with E-state index >= 15 is 0 Å². The Labute approximate surface area is 207 Å². The van der Waals surface area contributed by atoms with Gasteiger partial charge in [0.1, 0.15) is 0 Å². The van der Waals surface area contributed by atoms with Gasteiger partial charge in [0.05, 0.1) is 12.2 Å². The highest BCUT2D eigenvalue weighted by Crippen LogP contribution is 2.31. The van der Waals surface area contributed by atoms with Gasteiger partial charge in [0.15, 0.2) is 5.78 Å². The molecule has 2 aliphatic rings. The summed E-state index contributed by atoms with van der Waals surface area (Å²) in [6.45, 7) is 5.69. The summed E-state index contributed by atoms with van der Waals surface area (Å²) in [6.07, 6.45) is 5.02.